The predicted octanol–water partition coefficient (Wildman–Crippen LogP) is -0.0626. The van der Waals surface area contributed by atoms with Gasteiger partial charge in [0.2, 0.25) is 0 Å². The zero-order chi connectivity index (χ0) is 14.1. The molecule has 0 fully saturated rings. The molecule has 1 aromatic carbocycles. The molecular formula is C12H18BFO5. The molecule has 1 rings (SSSR count). The first kappa shape index (κ1) is 15.9. The van der Waals surface area contributed by atoms with Gasteiger partial charge in [0.25, 0.3) is 0 Å². The minimum atomic E-state index is -1.82. The standard InChI is InChI=1S/C12H18BFO5/c1-17-5-2-6-18-7-8-19-10-3-4-11(13(15)16)12(14)9-10/h3-4,9,15-16H,2,5-8H2,1H3. The van der Waals surface area contributed by atoms with Gasteiger partial charge in [-0.05, 0) is 12.5 Å². The van der Waals surface area contributed by atoms with Crippen molar-refractivity contribution in [3.8, 4) is 5.75 Å². The van der Waals surface area contributed by atoms with Crippen LogP contribution in [0, 0.1) is 5.82 Å². The van der Waals surface area contributed by atoms with Crippen LogP contribution >= 0.6 is 0 Å². The van der Waals surface area contributed by atoms with E-state index in [1.807, 2.05) is 0 Å². The molecular weight excluding hydrogens is 254 g/mol. The summed E-state index contributed by atoms with van der Waals surface area (Å²) in [6.07, 6.45) is 0.814. The number of ether oxygens (including phenoxy) is 3. The average molecular weight is 272 g/mol. The molecule has 0 atom stereocenters. The van der Waals surface area contributed by atoms with Gasteiger partial charge in [-0.25, -0.2) is 4.39 Å². The zero-order valence-electron chi connectivity index (χ0n) is 10.8. The molecule has 0 aromatic heterocycles. The molecule has 7 heteroatoms. The molecule has 0 saturated heterocycles. The van der Waals surface area contributed by atoms with E-state index in [9.17, 15) is 4.39 Å². The summed E-state index contributed by atoms with van der Waals surface area (Å²) < 4.78 is 28.8. The van der Waals surface area contributed by atoms with Gasteiger partial charge in [0.15, 0.2) is 0 Å². The van der Waals surface area contributed by atoms with Crippen molar-refractivity contribution in [3.63, 3.8) is 0 Å². The molecule has 0 radical (unpaired) electrons. The van der Waals surface area contributed by atoms with Crippen LogP contribution in [0.3, 0.4) is 0 Å². The van der Waals surface area contributed by atoms with Crippen molar-refractivity contribution < 1.29 is 28.6 Å². The van der Waals surface area contributed by atoms with E-state index in [0.717, 1.165) is 12.5 Å². The Balaban J connectivity index is 2.25. The number of hydrogen-bond donors (Lipinski definition) is 2. The van der Waals surface area contributed by atoms with Gasteiger partial charge in [-0.3, -0.25) is 0 Å². The smallest absolute Gasteiger partial charge is 0.491 e. The lowest BCUT2D eigenvalue weighted by Crippen LogP contribution is -2.32. The van der Waals surface area contributed by atoms with Crippen LogP contribution < -0.4 is 10.2 Å². The van der Waals surface area contributed by atoms with E-state index in [-0.39, 0.29) is 5.46 Å². The Kier molecular flexibility index (Phi) is 7.43. The van der Waals surface area contributed by atoms with Crippen LogP contribution in [-0.4, -0.2) is 50.7 Å². The Labute approximate surface area is 112 Å². The highest BCUT2D eigenvalue weighted by molar-refractivity contribution is 6.58. The number of rotatable bonds is 9. The van der Waals surface area contributed by atoms with Crippen LogP contribution in [0.4, 0.5) is 4.39 Å². The summed E-state index contributed by atoms with van der Waals surface area (Å²) in [7, 11) is -0.192. The van der Waals surface area contributed by atoms with Crippen molar-refractivity contribution in [2.75, 3.05) is 33.5 Å². The fourth-order valence-electron chi connectivity index (χ4n) is 1.43. The molecule has 19 heavy (non-hydrogen) atoms. The lowest BCUT2D eigenvalue weighted by Gasteiger charge is -2.08. The maximum absolute atomic E-state index is 13.4. The Hall–Kier alpha value is -1.15. The largest absolute Gasteiger partial charge is 0.491 e. The van der Waals surface area contributed by atoms with Crippen LogP contribution in [0.25, 0.3) is 0 Å². The van der Waals surface area contributed by atoms with Gasteiger partial charge in [-0.1, -0.05) is 6.07 Å². The molecule has 0 unspecified atom stereocenters. The van der Waals surface area contributed by atoms with Crippen LogP contribution in [0.5, 0.6) is 5.75 Å². The molecule has 5 nitrogen and oxygen atoms in total. The maximum atomic E-state index is 13.4. The SMILES string of the molecule is COCCCOCCOc1ccc(B(O)O)c(F)c1. The van der Waals surface area contributed by atoms with Gasteiger partial charge in [0.1, 0.15) is 18.2 Å². The second-order valence-corrected chi connectivity index (χ2v) is 3.86. The van der Waals surface area contributed by atoms with E-state index >= 15 is 0 Å². The molecule has 1 aromatic rings. The summed E-state index contributed by atoms with van der Waals surface area (Å²) in [6, 6.07) is 3.86. The highest BCUT2D eigenvalue weighted by Gasteiger charge is 2.16. The minimum Gasteiger partial charge on any atom is -0.491 e. The molecule has 0 saturated carbocycles. The quantitative estimate of drug-likeness (QED) is 0.487. The first-order valence-corrected chi connectivity index (χ1v) is 6.00. The third-order valence-corrected chi connectivity index (χ3v) is 2.38. The van der Waals surface area contributed by atoms with E-state index in [1.165, 1.54) is 12.1 Å². The van der Waals surface area contributed by atoms with Crippen molar-refractivity contribution in [3.05, 3.63) is 24.0 Å². The fraction of sp³-hybridized carbons (Fsp3) is 0.500. The lowest BCUT2D eigenvalue weighted by molar-refractivity contribution is 0.0806. The summed E-state index contributed by atoms with van der Waals surface area (Å²) in [4.78, 5) is 0. The number of benzene rings is 1. The highest BCUT2D eigenvalue weighted by atomic mass is 19.1. The second-order valence-electron chi connectivity index (χ2n) is 3.86. The Morgan fingerprint density at radius 3 is 2.58 bits per heavy atom. The molecule has 0 amide bonds. The number of halogens is 1. The number of methoxy groups -OCH3 is 1. The van der Waals surface area contributed by atoms with Crippen LogP contribution in [0.15, 0.2) is 18.2 Å². The first-order valence-electron chi connectivity index (χ1n) is 6.00. The molecule has 0 aliphatic carbocycles. The van der Waals surface area contributed by atoms with Crippen molar-refractivity contribution in [2.24, 2.45) is 0 Å². The van der Waals surface area contributed by atoms with Gasteiger partial charge >= 0.3 is 7.12 Å². The monoisotopic (exact) mass is 272 g/mol. The molecule has 0 aliphatic heterocycles. The van der Waals surface area contributed by atoms with Crippen LogP contribution in [0.2, 0.25) is 0 Å². The molecule has 0 spiro atoms. The minimum absolute atomic E-state index is 0.178. The first-order chi connectivity index (χ1) is 9.15. The summed E-state index contributed by atoms with van der Waals surface area (Å²) in [6.45, 7) is 1.93. The fourth-order valence-corrected chi connectivity index (χ4v) is 1.43. The molecule has 0 heterocycles. The van der Waals surface area contributed by atoms with E-state index in [2.05, 4.69) is 0 Å². The van der Waals surface area contributed by atoms with E-state index < -0.39 is 12.9 Å². The third kappa shape index (κ3) is 6.02. The van der Waals surface area contributed by atoms with E-state index in [4.69, 9.17) is 24.3 Å². The topological polar surface area (TPSA) is 68.2 Å². The van der Waals surface area contributed by atoms with Gasteiger partial charge in [-0.2, -0.15) is 0 Å². The van der Waals surface area contributed by atoms with E-state index in [0.29, 0.717) is 32.2 Å². The van der Waals surface area contributed by atoms with Crippen molar-refractivity contribution >= 4 is 12.6 Å². The molecule has 0 bridgehead atoms. The highest BCUT2D eigenvalue weighted by Crippen LogP contribution is 2.10. The van der Waals surface area contributed by atoms with Gasteiger partial charge in [-0.15, -0.1) is 0 Å². The summed E-state index contributed by atoms with van der Waals surface area (Å²) in [5.41, 5.74) is -0.178. The molecule has 106 valence electrons. The predicted molar refractivity (Wildman–Crippen MR) is 69.0 cm³/mol. The van der Waals surface area contributed by atoms with E-state index in [1.54, 1.807) is 7.11 Å². The average Bonchev–Trinajstić information content (AvgIpc) is 2.37. The van der Waals surface area contributed by atoms with Gasteiger partial charge in [0.05, 0.1) is 6.61 Å². The lowest BCUT2D eigenvalue weighted by atomic mass is 9.80. The number of hydrogen-bond acceptors (Lipinski definition) is 5. The van der Waals surface area contributed by atoms with Crippen molar-refractivity contribution in [1.82, 2.24) is 0 Å². The Morgan fingerprint density at radius 2 is 1.95 bits per heavy atom. The molecule has 0 aliphatic rings. The third-order valence-electron chi connectivity index (χ3n) is 2.38. The Bertz CT molecular complexity index is 375. The maximum Gasteiger partial charge on any atom is 0.491 e. The Morgan fingerprint density at radius 1 is 1.16 bits per heavy atom. The van der Waals surface area contributed by atoms with Crippen LogP contribution in [0.1, 0.15) is 6.42 Å². The summed E-state index contributed by atoms with van der Waals surface area (Å²) >= 11 is 0. The van der Waals surface area contributed by atoms with Crippen LogP contribution in [-0.2, 0) is 9.47 Å². The van der Waals surface area contributed by atoms with Crippen molar-refractivity contribution in [1.29, 1.82) is 0 Å². The zero-order valence-corrected chi connectivity index (χ0v) is 10.8. The van der Waals surface area contributed by atoms with Gasteiger partial charge in [0, 0.05) is 31.9 Å². The summed E-state index contributed by atoms with van der Waals surface area (Å²) in [5, 5.41) is 17.7. The summed E-state index contributed by atoms with van der Waals surface area (Å²) in [5.74, 6) is -0.393. The molecule has 2 N–H and O–H groups in total. The van der Waals surface area contributed by atoms with Gasteiger partial charge < -0.3 is 24.3 Å². The second kappa shape index (κ2) is 8.87. The van der Waals surface area contributed by atoms with Crippen molar-refractivity contribution in [2.45, 2.75) is 6.42 Å². The normalized spacial score (nSPS) is 10.5.